The Morgan fingerprint density at radius 2 is 1.90 bits per heavy atom. The molecule has 1 aromatic heterocycles. The van der Waals surface area contributed by atoms with Gasteiger partial charge in [0, 0.05) is 48.7 Å². The normalized spacial score (nSPS) is 12.1. The van der Waals surface area contributed by atoms with Crippen molar-refractivity contribution in [2.75, 3.05) is 19.8 Å². The van der Waals surface area contributed by atoms with E-state index < -0.39 is 10.8 Å². The molecule has 1 heterocycles. The third-order valence-electron chi connectivity index (χ3n) is 2.92. The fourth-order valence-corrected chi connectivity index (χ4v) is 3.00. The summed E-state index contributed by atoms with van der Waals surface area (Å²) >= 11 is 0. The Bertz CT molecular complexity index is 606. The summed E-state index contributed by atoms with van der Waals surface area (Å²) in [6.45, 7) is 0. The lowest BCUT2D eigenvalue weighted by Gasteiger charge is -2.10. The predicted octanol–water partition coefficient (Wildman–Crippen LogP) is 1.81. The van der Waals surface area contributed by atoms with Crippen molar-refractivity contribution in [2.45, 2.75) is 5.75 Å². The van der Waals surface area contributed by atoms with Crippen LogP contribution in [0.25, 0.3) is 5.69 Å². The Morgan fingerprint density at radius 3 is 2.55 bits per heavy atom. The monoisotopic (exact) mass is 290 g/mol. The van der Waals surface area contributed by atoms with Crippen LogP contribution < -0.4 is 0 Å². The van der Waals surface area contributed by atoms with Crippen molar-refractivity contribution in [3.05, 3.63) is 54.4 Å². The first kappa shape index (κ1) is 14.5. The van der Waals surface area contributed by atoms with Gasteiger partial charge in [0.25, 0.3) is 0 Å². The van der Waals surface area contributed by atoms with Gasteiger partial charge in [-0.25, -0.2) is 0 Å². The van der Waals surface area contributed by atoms with Crippen LogP contribution in [0.2, 0.25) is 0 Å². The van der Waals surface area contributed by atoms with E-state index >= 15 is 0 Å². The van der Waals surface area contributed by atoms with Crippen molar-refractivity contribution in [3.63, 3.8) is 0 Å². The highest BCUT2D eigenvalue weighted by Crippen LogP contribution is 2.12. The van der Waals surface area contributed by atoms with Crippen LogP contribution in [0.15, 0.2) is 48.8 Å². The van der Waals surface area contributed by atoms with Crippen molar-refractivity contribution >= 4 is 16.7 Å². The van der Waals surface area contributed by atoms with Gasteiger partial charge in [0.1, 0.15) is 5.75 Å². The van der Waals surface area contributed by atoms with E-state index in [0.29, 0.717) is 5.75 Å². The molecule has 2 rings (SSSR count). The standard InChI is InChI=1S/C15H18N2O2S/c1-16(2)15(18)12-20(19)11-13-6-5-7-14(10-13)17-8-3-4-9-17/h3-10H,11-12H2,1-2H3. The maximum Gasteiger partial charge on any atom is 0.234 e. The number of aromatic nitrogens is 1. The van der Waals surface area contributed by atoms with Gasteiger partial charge in [0.05, 0.1) is 0 Å². The maximum absolute atomic E-state index is 12.0. The molecule has 4 nitrogen and oxygen atoms in total. The van der Waals surface area contributed by atoms with E-state index in [1.54, 1.807) is 14.1 Å². The highest BCUT2D eigenvalue weighted by Gasteiger charge is 2.10. The predicted molar refractivity (Wildman–Crippen MR) is 81.2 cm³/mol. The van der Waals surface area contributed by atoms with Gasteiger partial charge in [-0.3, -0.25) is 9.00 Å². The molecule has 1 atom stereocenters. The summed E-state index contributed by atoms with van der Waals surface area (Å²) < 4.78 is 14.0. The molecule has 1 unspecified atom stereocenters. The maximum atomic E-state index is 12.0. The van der Waals surface area contributed by atoms with Gasteiger partial charge >= 0.3 is 0 Å². The summed E-state index contributed by atoms with van der Waals surface area (Å²) in [5.41, 5.74) is 2.00. The highest BCUT2D eigenvalue weighted by molar-refractivity contribution is 7.84. The van der Waals surface area contributed by atoms with E-state index in [1.807, 2.05) is 53.4 Å². The van der Waals surface area contributed by atoms with E-state index in [2.05, 4.69) is 0 Å². The smallest absolute Gasteiger partial charge is 0.234 e. The first-order valence-electron chi connectivity index (χ1n) is 6.33. The Labute approximate surface area is 121 Å². The van der Waals surface area contributed by atoms with Crippen molar-refractivity contribution in [1.29, 1.82) is 0 Å². The van der Waals surface area contributed by atoms with Crippen molar-refractivity contribution in [2.24, 2.45) is 0 Å². The molecule has 0 aliphatic heterocycles. The van der Waals surface area contributed by atoms with E-state index in [9.17, 15) is 9.00 Å². The summed E-state index contributed by atoms with van der Waals surface area (Å²) in [4.78, 5) is 13.0. The Hall–Kier alpha value is -1.88. The second kappa shape index (κ2) is 6.52. The van der Waals surface area contributed by atoms with E-state index in [0.717, 1.165) is 11.3 Å². The minimum atomic E-state index is -1.18. The third-order valence-corrected chi connectivity index (χ3v) is 4.15. The molecule has 0 saturated carbocycles. The molecule has 0 aliphatic carbocycles. The molecule has 0 N–H and O–H groups in total. The first-order valence-corrected chi connectivity index (χ1v) is 7.82. The van der Waals surface area contributed by atoms with Gasteiger partial charge in [0.15, 0.2) is 0 Å². The van der Waals surface area contributed by atoms with Crippen LogP contribution in [-0.2, 0) is 21.3 Å². The van der Waals surface area contributed by atoms with Crippen LogP contribution in [-0.4, -0.2) is 39.4 Å². The van der Waals surface area contributed by atoms with Gasteiger partial charge < -0.3 is 9.47 Å². The van der Waals surface area contributed by atoms with Gasteiger partial charge in [-0.1, -0.05) is 12.1 Å². The topological polar surface area (TPSA) is 42.3 Å². The molecular formula is C15H18N2O2S. The number of carbonyl (C=O) groups excluding carboxylic acids is 1. The molecular weight excluding hydrogens is 272 g/mol. The number of nitrogens with zero attached hydrogens (tertiary/aromatic N) is 2. The van der Waals surface area contributed by atoms with Crippen molar-refractivity contribution in [1.82, 2.24) is 9.47 Å². The van der Waals surface area contributed by atoms with Crippen LogP contribution in [0.4, 0.5) is 0 Å². The summed E-state index contributed by atoms with van der Waals surface area (Å²) in [5.74, 6) is 0.361. The molecule has 20 heavy (non-hydrogen) atoms. The van der Waals surface area contributed by atoms with Crippen molar-refractivity contribution < 1.29 is 9.00 Å². The van der Waals surface area contributed by atoms with Crippen molar-refractivity contribution in [3.8, 4) is 5.69 Å². The molecule has 2 aromatic rings. The van der Waals surface area contributed by atoms with E-state index in [1.165, 1.54) is 4.90 Å². The Kier molecular flexibility index (Phi) is 4.74. The zero-order valence-corrected chi connectivity index (χ0v) is 12.5. The van der Waals surface area contributed by atoms with Crippen LogP contribution in [0, 0.1) is 0 Å². The largest absolute Gasteiger partial charge is 0.348 e. The van der Waals surface area contributed by atoms with Gasteiger partial charge in [-0.2, -0.15) is 0 Å². The van der Waals surface area contributed by atoms with Gasteiger partial charge in [-0.05, 0) is 29.8 Å². The quantitative estimate of drug-likeness (QED) is 0.843. The summed E-state index contributed by atoms with van der Waals surface area (Å²) in [6, 6.07) is 11.8. The lowest BCUT2D eigenvalue weighted by molar-refractivity contribution is -0.125. The molecule has 0 saturated heterocycles. The average molecular weight is 290 g/mol. The number of amides is 1. The molecule has 0 spiro atoms. The number of benzene rings is 1. The van der Waals surface area contributed by atoms with Gasteiger partial charge in [0.2, 0.25) is 5.91 Å². The zero-order valence-electron chi connectivity index (χ0n) is 11.7. The molecule has 1 aromatic carbocycles. The van der Waals surface area contributed by atoms with Crippen LogP contribution >= 0.6 is 0 Å². The Balaban J connectivity index is 2.05. The molecule has 0 bridgehead atoms. The molecule has 0 aliphatic rings. The van der Waals surface area contributed by atoms with E-state index in [-0.39, 0.29) is 11.7 Å². The SMILES string of the molecule is CN(C)C(=O)CS(=O)Cc1cccc(-n2cccc2)c1. The summed E-state index contributed by atoms with van der Waals surface area (Å²) in [6.07, 6.45) is 3.93. The minimum Gasteiger partial charge on any atom is -0.348 e. The molecule has 5 heteroatoms. The summed E-state index contributed by atoms with van der Waals surface area (Å²) in [5, 5.41) is 0. The second-order valence-corrected chi connectivity index (χ2v) is 6.23. The first-order chi connectivity index (χ1) is 9.56. The lowest BCUT2D eigenvalue weighted by atomic mass is 10.2. The Morgan fingerprint density at radius 1 is 1.20 bits per heavy atom. The second-order valence-electron chi connectivity index (χ2n) is 4.78. The fourth-order valence-electron chi connectivity index (χ4n) is 1.82. The lowest BCUT2D eigenvalue weighted by Crippen LogP contribution is -2.27. The molecule has 0 fully saturated rings. The van der Waals surface area contributed by atoms with Crippen LogP contribution in [0.3, 0.4) is 0 Å². The molecule has 106 valence electrons. The van der Waals surface area contributed by atoms with E-state index in [4.69, 9.17) is 0 Å². The fraction of sp³-hybridized carbons (Fsp3) is 0.267. The summed E-state index contributed by atoms with van der Waals surface area (Å²) in [7, 11) is 2.17. The third kappa shape index (κ3) is 3.81. The highest BCUT2D eigenvalue weighted by atomic mass is 32.2. The number of hydrogen-bond acceptors (Lipinski definition) is 2. The average Bonchev–Trinajstić information content (AvgIpc) is 2.92. The molecule has 1 amide bonds. The molecule has 0 radical (unpaired) electrons. The number of hydrogen-bond donors (Lipinski definition) is 0. The zero-order chi connectivity index (χ0) is 14.5. The van der Waals surface area contributed by atoms with Crippen LogP contribution in [0.5, 0.6) is 0 Å². The number of carbonyl (C=O) groups is 1. The minimum absolute atomic E-state index is 0.0702. The van der Waals surface area contributed by atoms with Gasteiger partial charge in [-0.15, -0.1) is 0 Å². The number of rotatable bonds is 5. The van der Waals surface area contributed by atoms with Crippen LogP contribution in [0.1, 0.15) is 5.56 Å².